The molecule has 0 spiro atoms. The second kappa shape index (κ2) is 33.2. The molecule has 134 valence electrons. The molecule has 0 heterocycles. The van der Waals surface area contributed by atoms with Crippen LogP contribution in [-0.4, -0.2) is 22.2 Å². The van der Waals surface area contributed by atoms with E-state index in [9.17, 15) is 9.59 Å². The van der Waals surface area contributed by atoms with Gasteiger partial charge in [0, 0.05) is 41.9 Å². The maximum Gasteiger partial charge on any atom is 0.315 e. The van der Waals surface area contributed by atoms with Crippen LogP contribution in [0.2, 0.25) is 0 Å². The summed E-state index contributed by atoms with van der Waals surface area (Å²) in [6.45, 7) is 5.89. The molecular formula is C20H23IO4. The summed E-state index contributed by atoms with van der Waals surface area (Å²) in [6, 6.07) is 0. The molecule has 5 heteroatoms. The zero-order chi connectivity index (χ0) is 20.3. The first-order valence-electron chi connectivity index (χ1n) is 7.22. The van der Waals surface area contributed by atoms with Crippen molar-refractivity contribution in [2.45, 2.75) is 52.9 Å². The number of aliphatic carboxylic acids is 2. The van der Waals surface area contributed by atoms with Gasteiger partial charge in [-0.1, -0.05) is 44.5 Å². The van der Waals surface area contributed by atoms with Crippen LogP contribution < -0.4 is 0 Å². The average Bonchev–Trinajstić information content (AvgIpc) is 2.56. The molecule has 0 saturated heterocycles. The number of hydrogen-bond acceptors (Lipinski definition) is 2. The van der Waals surface area contributed by atoms with E-state index in [2.05, 4.69) is 45.9 Å². The summed E-state index contributed by atoms with van der Waals surface area (Å²) < 4.78 is 2.74. The van der Waals surface area contributed by atoms with Crippen LogP contribution >= 0.6 is 22.6 Å². The Kier molecular flexibility index (Phi) is 40.3. The molecule has 0 bridgehead atoms. The van der Waals surface area contributed by atoms with Crippen LogP contribution in [0.25, 0.3) is 0 Å². The fourth-order valence-corrected chi connectivity index (χ4v) is 0.832. The van der Waals surface area contributed by atoms with Crippen LogP contribution in [0.3, 0.4) is 0 Å². The zero-order valence-corrected chi connectivity index (χ0v) is 16.9. The lowest BCUT2D eigenvalue weighted by molar-refractivity contribution is -0.136. The van der Waals surface area contributed by atoms with Crippen LogP contribution in [0.5, 0.6) is 0 Å². The Morgan fingerprint density at radius 3 is 1.44 bits per heavy atom. The summed E-state index contributed by atoms with van der Waals surface area (Å²) in [5, 5.41) is 15.9. The number of hydrogen-bond donors (Lipinski definition) is 2. The summed E-state index contributed by atoms with van der Waals surface area (Å²) in [4.78, 5) is 19.3. The Hall–Kier alpha value is -2.53. The number of halogens is 1. The molecule has 4 nitrogen and oxygen atoms in total. The average molecular weight is 454 g/mol. The smallest absolute Gasteiger partial charge is 0.315 e. The molecule has 0 aliphatic carbocycles. The largest absolute Gasteiger partial charge is 0.481 e. The molecule has 0 aromatic heterocycles. The van der Waals surface area contributed by atoms with Crippen molar-refractivity contribution in [1.29, 1.82) is 0 Å². The minimum absolute atomic E-state index is 0.127. The van der Waals surface area contributed by atoms with Gasteiger partial charge < -0.3 is 10.2 Å². The fourth-order valence-electron chi connectivity index (χ4n) is 0.451. The van der Waals surface area contributed by atoms with Gasteiger partial charge in [-0.25, -0.2) is 0 Å². The van der Waals surface area contributed by atoms with Crippen LogP contribution in [-0.2, 0) is 9.59 Å². The van der Waals surface area contributed by atoms with Gasteiger partial charge in [-0.2, -0.15) is 0 Å². The highest BCUT2D eigenvalue weighted by Crippen LogP contribution is 1.73. The highest BCUT2D eigenvalue weighted by atomic mass is 127. The number of rotatable bonds is 2. The van der Waals surface area contributed by atoms with Crippen molar-refractivity contribution in [2.24, 2.45) is 0 Å². The van der Waals surface area contributed by atoms with Gasteiger partial charge >= 0.3 is 11.9 Å². The van der Waals surface area contributed by atoms with Crippen LogP contribution in [0.1, 0.15) is 52.9 Å². The Bertz CT molecular complexity index is 602. The van der Waals surface area contributed by atoms with Crippen LogP contribution in [0.4, 0.5) is 0 Å². The van der Waals surface area contributed by atoms with Crippen molar-refractivity contribution < 1.29 is 19.8 Å². The summed E-state index contributed by atoms with van der Waals surface area (Å²) >= 11 is 2.03. The van der Waals surface area contributed by atoms with E-state index < -0.39 is 11.9 Å². The van der Waals surface area contributed by atoms with Gasteiger partial charge in [0.05, 0.1) is 0 Å². The van der Waals surface area contributed by atoms with E-state index in [0.717, 1.165) is 19.3 Å². The topological polar surface area (TPSA) is 74.6 Å². The Morgan fingerprint density at radius 1 is 0.800 bits per heavy atom. The second-order valence-electron chi connectivity index (χ2n) is 3.48. The SMILES string of the molecule is C#CCC.C#CCC(=O)O.CCC#CC#CCC(=O)O.CCC#CI. The van der Waals surface area contributed by atoms with E-state index in [1.165, 1.54) is 0 Å². The van der Waals surface area contributed by atoms with E-state index in [-0.39, 0.29) is 12.8 Å². The molecule has 0 saturated carbocycles. The molecular weight excluding hydrogens is 431 g/mol. The first-order chi connectivity index (χ1) is 11.9. The number of terminal acetylenes is 2. The molecule has 0 unspecified atom stereocenters. The van der Waals surface area contributed by atoms with Gasteiger partial charge in [0.1, 0.15) is 12.8 Å². The first kappa shape index (κ1) is 30.4. The van der Waals surface area contributed by atoms with Crippen molar-refractivity contribution in [3.63, 3.8) is 0 Å². The molecule has 0 atom stereocenters. The monoisotopic (exact) mass is 454 g/mol. The quantitative estimate of drug-likeness (QED) is 0.492. The lowest BCUT2D eigenvalue weighted by Gasteiger charge is -1.74. The first-order valence-corrected chi connectivity index (χ1v) is 8.30. The number of carboxylic acids is 2. The Labute approximate surface area is 165 Å². The van der Waals surface area contributed by atoms with Gasteiger partial charge in [-0.15, -0.1) is 18.8 Å². The maximum atomic E-state index is 9.88. The van der Waals surface area contributed by atoms with Gasteiger partial charge in [0.2, 0.25) is 0 Å². The second-order valence-corrected chi connectivity index (χ2v) is 4.02. The highest BCUT2D eigenvalue weighted by molar-refractivity contribution is 14.1. The predicted octanol–water partition coefficient (Wildman–Crippen LogP) is 3.79. The third-order valence-electron chi connectivity index (χ3n) is 1.36. The Morgan fingerprint density at radius 2 is 1.24 bits per heavy atom. The van der Waals surface area contributed by atoms with E-state index in [1.54, 1.807) is 0 Å². The molecule has 0 amide bonds. The van der Waals surface area contributed by atoms with E-state index in [4.69, 9.17) is 16.6 Å². The maximum absolute atomic E-state index is 9.88. The van der Waals surface area contributed by atoms with Crippen molar-refractivity contribution >= 4 is 34.5 Å². The van der Waals surface area contributed by atoms with Crippen LogP contribution in [0, 0.1) is 58.2 Å². The molecule has 2 N–H and O–H groups in total. The molecule has 25 heavy (non-hydrogen) atoms. The van der Waals surface area contributed by atoms with E-state index >= 15 is 0 Å². The summed E-state index contributed by atoms with van der Waals surface area (Å²) in [5.74, 6) is 15.4. The number of carboxylic acid groups (broad SMARTS) is 2. The molecule has 0 aliphatic heterocycles. The molecule has 0 rings (SSSR count). The predicted molar refractivity (Wildman–Crippen MR) is 110 cm³/mol. The molecule has 0 aromatic rings. The van der Waals surface area contributed by atoms with Crippen molar-refractivity contribution in [3.05, 3.63) is 0 Å². The third kappa shape index (κ3) is 74.2. The molecule has 0 aliphatic rings. The fraction of sp³-hybridized carbons (Fsp3) is 0.400. The standard InChI is InChI=1S/C8H8O2.C4H5I.C4H4O2.C4H6/c1-2-3-4-5-6-7-8(9)10;1-2-3-4-5;1-2-3-4(5)6;1-3-4-2/h2,7H2,1H3,(H,9,10);2H2,1H3;1H,3H2,(H,5,6);1H,4H2,2H3. The third-order valence-corrected chi connectivity index (χ3v) is 1.74. The van der Waals surface area contributed by atoms with E-state index in [1.807, 2.05) is 49.3 Å². The lowest BCUT2D eigenvalue weighted by Crippen LogP contribution is -1.89. The summed E-state index contributed by atoms with van der Waals surface area (Å²) in [7, 11) is 0. The highest BCUT2D eigenvalue weighted by Gasteiger charge is 1.86. The van der Waals surface area contributed by atoms with Crippen LogP contribution in [0.15, 0.2) is 0 Å². The molecule has 0 radical (unpaired) electrons. The summed E-state index contributed by atoms with van der Waals surface area (Å²) in [6.07, 6.45) is 11.6. The zero-order valence-electron chi connectivity index (χ0n) is 14.8. The molecule has 0 aromatic carbocycles. The van der Waals surface area contributed by atoms with E-state index in [0.29, 0.717) is 0 Å². The lowest BCUT2D eigenvalue weighted by atomic mass is 10.4. The minimum Gasteiger partial charge on any atom is -0.481 e. The van der Waals surface area contributed by atoms with Gasteiger partial charge in [0.25, 0.3) is 0 Å². The minimum atomic E-state index is -0.947. The van der Waals surface area contributed by atoms with Crippen molar-refractivity contribution in [2.75, 3.05) is 0 Å². The molecule has 0 fully saturated rings. The van der Waals surface area contributed by atoms with Gasteiger partial charge in [-0.3, -0.25) is 9.59 Å². The van der Waals surface area contributed by atoms with Gasteiger partial charge in [-0.05, 0) is 15.8 Å². The summed E-state index contributed by atoms with van der Waals surface area (Å²) in [5.41, 5.74) is 0. The van der Waals surface area contributed by atoms with Crippen molar-refractivity contribution in [1.82, 2.24) is 0 Å². The normalized spacial score (nSPS) is 6.00. The number of carbonyl (C=O) groups is 2. The van der Waals surface area contributed by atoms with Gasteiger partial charge in [0.15, 0.2) is 0 Å². The Balaban J connectivity index is -0.000000127. The van der Waals surface area contributed by atoms with Crippen molar-refractivity contribution in [3.8, 4) is 58.2 Å².